The molecule has 0 aromatic carbocycles. The van der Waals surface area contributed by atoms with E-state index in [1.807, 2.05) is 0 Å². The first-order valence-electron chi connectivity index (χ1n) is 5.94. The Labute approximate surface area is 88.1 Å². The van der Waals surface area contributed by atoms with Crippen molar-refractivity contribution in [3.63, 3.8) is 0 Å². The van der Waals surface area contributed by atoms with E-state index in [1.165, 1.54) is 25.7 Å². The molecule has 0 unspecified atom stereocenters. The summed E-state index contributed by atoms with van der Waals surface area (Å²) in [6, 6.07) is 0.921. The molecule has 1 aliphatic rings. The lowest BCUT2D eigenvalue weighted by atomic mass is 9.75. The molecule has 1 saturated carbocycles. The summed E-state index contributed by atoms with van der Waals surface area (Å²) >= 11 is 0. The molecule has 0 bridgehead atoms. The number of aliphatic hydroxyl groups excluding tert-OH is 1. The highest BCUT2D eigenvalue weighted by Gasteiger charge is 2.28. The second-order valence-electron chi connectivity index (χ2n) is 5.41. The van der Waals surface area contributed by atoms with Crippen molar-refractivity contribution < 1.29 is 5.11 Å². The minimum absolute atomic E-state index is 0.271. The van der Waals surface area contributed by atoms with E-state index in [2.05, 4.69) is 26.1 Å². The lowest BCUT2D eigenvalue weighted by Gasteiger charge is -2.37. The first kappa shape index (κ1) is 12.0. The van der Waals surface area contributed by atoms with Crippen molar-refractivity contribution in [3.8, 4) is 0 Å². The molecule has 0 aliphatic heterocycles. The number of rotatable bonds is 4. The maximum absolute atomic E-state index is 9.12. The number of aliphatic hydroxyl groups is 1. The highest BCUT2D eigenvalue weighted by atomic mass is 16.3. The third-order valence-corrected chi connectivity index (χ3v) is 3.39. The van der Waals surface area contributed by atoms with Crippen LogP contribution in [-0.2, 0) is 0 Å². The minimum Gasteiger partial charge on any atom is -0.395 e. The van der Waals surface area contributed by atoms with E-state index < -0.39 is 0 Å². The molecule has 0 heterocycles. The van der Waals surface area contributed by atoms with Crippen LogP contribution in [0.2, 0.25) is 0 Å². The summed E-state index contributed by atoms with van der Waals surface area (Å²) in [5.41, 5.74) is 0.490. The van der Waals surface area contributed by atoms with E-state index >= 15 is 0 Å². The van der Waals surface area contributed by atoms with Crippen molar-refractivity contribution >= 4 is 0 Å². The Kier molecular flexibility index (Phi) is 4.39. The highest BCUT2D eigenvalue weighted by Crippen LogP contribution is 2.35. The summed E-state index contributed by atoms with van der Waals surface area (Å²) in [6.07, 6.45) is 6.23. The van der Waals surface area contributed by atoms with Crippen molar-refractivity contribution in [1.29, 1.82) is 0 Å². The molecule has 0 saturated heterocycles. The van der Waals surface area contributed by atoms with Crippen LogP contribution in [0.3, 0.4) is 0 Å². The molecule has 0 radical (unpaired) electrons. The van der Waals surface area contributed by atoms with E-state index in [0.29, 0.717) is 17.5 Å². The molecule has 0 amide bonds. The lowest BCUT2D eigenvalue weighted by Crippen LogP contribution is -2.44. The Morgan fingerprint density at radius 1 is 1.50 bits per heavy atom. The van der Waals surface area contributed by atoms with Crippen LogP contribution in [0.4, 0.5) is 0 Å². The monoisotopic (exact) mass is 199 g/mol. The van der Waals surface area contributed by atoms with E-state index in [4.69, 9.17) is 5.11 Å². The second-order valence-corrected chi connectivity index (χ2v) is 5.41. The predicted octanol–water partition coefficient (Wildman–Crippen LogP) is 2.32. The van der Waals surface area contributed by atoms with Crippen molar-refractivity contribution in [1.82, 2.24) is 5.32 Å². The lowest BCUT2D eigenvalue weighted by molar-refractivity contribution is 0.164. The van der Waals surface area contributed by atoms with Crippen LogP contribution in [0.15, 0.2) is 0 Å². The van der Waals surface area contributed by atoms with Gasteiger partial charge in [0.15, 0.2) is 0 Å². The molecule has 1 fully saturated rings. The molecule has 1 aliphatic carbocycles. The quantitative estimate of drug-likeness (QED) is 0.728. The number of nitrogens with one attached hydrogen (secondary N) is 1. The maximum atomic E-state index is 9.12. The summed E-state index contributed by atoms with van der Waals surface area (Å²) in [5, 5.41) is 12.7. The Morgan fingerprint density at radius 3 is 2.71 bits per heavy atom. The number of hydrogen-bond donors (Lipinski definition) is 2. The van der Waals surface area contributed by atoms with E-state index in [9.17, 15) is 0 Å². The van der Waals surface area contributed by atoms with Crippen LogP contribution >= 0.6 is 0 Å². The number of hydrogen-bond acceptors (Lipinski definition) is 2. The molecule has 1 rings (SSSR count). The fourth-order valence-corrected chi connectivity index (χ4v) is 2.47. The van der Waals surface area contributed by atoms with Gasteiger partial charge < -0.3 is 10.4 Å². The van der Waals surface area contributed by atoms with E-state index in [0.717, 1.165) is 6.42 Å². The normalized spacial score (nSPS) is 28.7. The Bertz CT molecular complexity index is 164. The molecule has 2 atom stereocenters. The van der Waals surface area contributed by atoms with Gasteiger partial charge >= 0.3 is 0 Å². The van der Waals surface area contributed by atoms with Gasteiger partial charge in [-0.15, -0.1) is 0 Å². The molecule has 0 aromatic heterocycles. The van der Waals surface area contributed by atoms with Crippen molar-refractivity contribution in [2.24, 2.45) is 5.41 Å². The van der Waals surface area contributed by atoms with Gasteiger partial charge in [0.25, 0.3) is 0 Å². The molecule has 0 aromatic rings. The van der Waals surface area contributed by atoms with Gasteiger partial charge in [0.1, 0.15) is 0 Å². The summed E-state index contributed by atoms with van der Waals surface area (Å²) in [7, 11) is 0. The zero-order chi connectivity index (χ0) is 10.6. The topological polar surface area (TPSA) is 32.3 Å². The van der Waals surface area contributed by atoms with Gasteiger partial charge in [0.2, 0.25) is 0 Å². The van der Waals surface area contributed by atoms with Gasteiger partial charge in [-0.05, 0) is 31.1 Å². The standard InChI is InChI=1S/C12H25NO/c1-4-10(9-14)13-11-6-5-7-12(2,3)8-11/h10-11,13-14H,4-9H2,1-3H3/t10-,11-/m0/s1. The minimum atomic E-state index is 0.271. The first-order chi connectivity index (χ1) is 6.57. The second kappa shape index (κ2) is 5.13. The average molecular weight is 199 g/mol. The van der Waals surface area contributed by atoms with Gasteiger partial charge in [-0.1, -0.05) is 27.2 Å². The molecule has 2 heteroatoms. The summed E-state index contributed by atoms with van der Waals surface area (Å²) in [6.45, 7) is 7.09. The highest BCUT2D eigenvalue weighted by molar-refractivity contribution is 4.85. The average Bonchev–Trinajstić information content (AvgIpc) is 2.12. The van der Waals surface area contributed by atoms with Gasteiger partial charge in [0.05, 0.1) is 6.61 Å². The van der Waals surface area contributed by atoms with Gasteiger partial charge in [-0.25, -0.2) is 0 Å². The molecule has 0 spiro atoms. The van der Waals surface area contributed by atoms with Gasteiger partial charge in [-0.2, -0.15) is 0 Å². The third-order valence-electron chi connectivity index (χ3n) is 3.39. The zero-order valence-electron chi connectivity index (χ0n) is 9.84. The summed E-state index contributed by atoms with van der Waals surface area (Å²) in [4.78, 5) is 0. The SMILES string of the molecule is CC[C@@H](CO)N[C@H]1CCCC(C)(C)C1. The largest absolute Gasteiger partial charge is 0.395 e. The Morgan fingerprint density at radius 2 is 2.21 bits per heavy atom. The van der Waals surface area contributed by atoms with Gasteiger partial charge in [0, 0.05) is 12.1 Å². The van der Waals surface area contributed by atoms with Crippen LogP contribution < -0.4 is 5.32 Å². The van der Waals surface area contributed by atoms with Crippen LogP contribution in [0.5, 0.6) is 0 Å². The molecule has 84 valence electrons. The predicted molar refractivity (Wildman–Crippen MR) is 60.3 cm³/mol. The summed E-state index contributed by atoms with van der Waals surface area (Å²) < 4.78 is 0. The van der Waals surface area contributed by atoms with Gasteiger partial charge in [-0.3, -0.25) is 0 Å². The zero-order valence-corrected chi connectivity index (χ0v) is 9.84. The van der Waals surface area contributed by atoms with Crippen LogP contribution in [0.25, 0.3) is 0 Å². The molecule has 2 N–H and O–H groups in total. The summed E-state index contributed by atoms with van der Waals surface area (Å²) in [5.74, 6) is 0. The van der Waals surface area contributed by atoms with Crippen molar-refractivity contribution in [2.45, 2.75) is 65.0 Å². The van der Waals surface area contributed by atoms with Crippen LogP contribution in [0.1, 0.15) is 52.9 Å². The molecule has 2 nitrogen and oxygen atoms in total. The fourth-order valence-electron chi connectivity index (χ4n) is 2.47. The maximum Gasteiger partial charge on any atom is 0.0584 e. The van der Waals surface area contributed by atoms with Crippen molar-refractivity contribution in [3.05, 3.63) is 0 Å². The smallest absolute Gasteiger partial charge is 0.0584 e. The third kappa shape index (κ3) is 3.58. The Balaban J connectivity index is 2.37. The molecular formula is C12H25NO. The van der Waals surface area contributed by atoms with Crippen LogP contribution in [-0.4, -0.2) is 23.8 Å². The first-order valence-corrected chi connectivity index (χ1v) is 5.94. The van der Waals surface area contributed by atoms with Crippen molar-refractivity contribution in [2.75, 3.05) is 6.61 Å². The van der Waals surface area contributed by atoms with E-state index in [-0.39, 0.29) is 6.61 Å². The fraction of sp³-hybridized carbons (Fsp3) is 1.00. The Hall–Kier alpha value is -0.0800. The molecule has 14 heavy (non-hydrogen) atoms. The molecular weight excluding hydrogens is 174 g/mol. The van der Waals surface area contributed by atoms with E-state index in [1.54, 1.807) is 0 Å². The van der Waals surface area contributed by atoms with Crippen LogP contribution in [0, 0.1) is 5.41 Å².